The molecule has 1 saturated heterocycles. The Labute approximate surface area is 207 Å². The maximum absolute atomic E-state index is 11.8. The summed E-state index contributed by atoms with van der Waals surface area (Å²) in [6, 6.07) is 7.43. The number of anilines is 2. The first-order valence-electron chi connectivity index (χ1n) is 12.0. The Morgan fingerprint density at radius 2 is 1.97 bits per heavy atom. The summed E-state index contributed by atoms with van der Waals surface area (Å²) in [6.45, 7) is 8.46. The lowest BCUT2D eigenvalue weighted by atomic mass is 10.0. The molecule has 0 unspecified atom stereocenters. The molecular weight excluding hydrogens is 468 g/mol. The van der Waals surface area contributed by atoms with Gasteiger partial charge in [-0.15, -0.1) is 0 Å². The second-order valence-electron chi connectivity index (χ2n) is 9.13. The average Bonchev–Trinajstić information content (AvgIpc) is 2.82. The van der Waals surface area contributed by atoms with Crippen LogP contribution in [-0.2, 0) is 27.5 Å². The van der Waals surface area contributed by atoms with Gasteiger partial charge in [-0.3, -0.25) is 4.90 Å². The molecule has 35 heavy (non-hydrogen) atoms. The van der Waals surface area contributed by atoms with E-state index >= 15 is 0 Å². The molecule has 11 heteroatoms. The number of ether oxygens (including phenoxy) is 1. The third-order valence-corrected chi connectivity index (χ3v) is 7.20. The SMILES string of the molecule is CCNC(=O)Nc1ccc(-c2nc3c(c(N4CCOC[C@@H]4C)n2)CCN(CCS(C)(=O)=O)C3)cc1. The highest BCUT2D eigenvalue weighted by Crippen LogP contribution is 2.31. The summed E-state index contributed by atoms with van der Waals surface area (Å²) in [7, 11) is -3.03. The van der Waals surface area contributed by atoms with Crippen molar-refractivity contribution in [2.24, 2.45) is 0 Å². The molecule has 2 amide bonds. The van der Waals surface area contributed by atoms with E-state index in [9.17, 15) is 13.2 Å². The molecule has 0 spiro atoms. The van der Waals surface area contributed by atoms with Crippen molar-refractivity contribution in [3.05, 3.63) is 35.5 Å². The smallest absolute Gasteiger partial charge is 0.319 e. The molecule has 4 rings (SSSR count). The van der Waals surface area contributed by atoms with Crippen molar-refractivity contribution in [2.75, 3.05) is 61.6 Å². The van der Waals surface area contributed by atoms with Gasteiger partial charge in [0.15, 0.2) is 5.82 Å². The van der Waals surface area contributed by atoms with Crippen LogP contribution in [0.3, 0.4) is 0 Å². The van der Waals surface area contributed by atoms with Gasteiger partial charge in [0, 0.05) is 55.8 Å². The average molecular weight is 503 g/mol. The van der Waals surface area contributed by atoms with Gasteiger partial charge < -0.3 is 20.3 Å². The van der Waals surface area contributed by atoms with Crippen molar-refractivity contribution in [1.82, 2.24) is 20.2 Å². The molecule has 190 valence electrons. The van der Waals surface area contributed by atoms with Crippen molar-refractivity contribution < 1.29 is 17.9 Å². The number of nitrogens with zero attached hydrogens (tertiary/aromatic N) is 4. The number of benzene rings is 1. The number of sulfone groups is 1. The fraction of sp³-hybridized carbons (Fsp3) is 0.542. The number of carbonyl (C=O) groups is 1. The lowest BCUT2D eigenvalue weighted by Gasteiger charge is -2.37. The third-order valence-electron chi connectivity index (χ3n) is 6.28. The van der Waals surface area contributed by atoms with E-state index in [-0.39, 0.29) is 17.8 Å². The molecule has 1 aromatic heterocycles. The predicted octanol–water partition coefficient (Wildman–Crippen LogP) is 1.91. The molecule has 2 aliphatic heterocycles. The van der Waals surface area contributed by atoms with Gasteiger partial charge in [0.1, 0.15) is 15.7 Å². The molecular formula is C24H34N6O4S. The van der Waals surface area contributed by atoms with Gasteiger partial charge in [-0.1, -0.05) is 0 Å². The number of aromatic nitrogens is 2. The summed E-state index contributed by atoms with van der Waals surface area (Å²) in [4.78, 5) is 26.2. The Bertz CT molecular complexity index is 1160. The number of hydrogen-bond donors (Lipinski definition) is 2. The fourth-order valence-corrected chi connectivity index (χ4v) is 4.99. The second kappa shape index (κ2) is 10.9. The third kappa shape index (κ3) is 6.47. The summed E-state index contributed by atoms with van der Waals surface area (Å²) in [5.41, 5.74) is 3.61. The minimum absolute atomic E-state index is 0.133. The normalized spacial score (nSPS) is 18.7. The second-order valence-corrected chi connectivity index (χ2v) is 11.4. The van der Waals surface area contributed by atoms with E-state index in [2.05, 4.69) is 27.4 Å². The number of amides is 2. The van der Waals surface area contributed by atoms with Gasteiger partial charge >= 0.3 is 6.03 Å². The Morgan fingerprint density at radius 3 is 2.66 bits per heavy atom. The van der Waals surface area contributed by atoms with Gasteiger partial charge in [0.25, 0.3) is 0 Å². The van der Waals surface area contributed by atoms with E-state index in [1.165, 1.54) is 6.26 Å². The van der Waals surface area contributed by atoms with Crippen molar-refractivity contribution in [2.45, 2.75) is 32.9 Å². The lowest BCUT2D eigenvalue weighted by molar-refractivity contribution is 0.0983. The number of morpholine rings is 1. The van der Waals surface area contributed by atoms with E-state index in [4.69, 9.17) is 14.7 Å². The van der Waals surface area contributed by atoms with Crippen LogP contribution < -0.4 is 15.5 Å². The minimum atomic E-state index is -3.03. The molecule has 1 fully saturated rings. The maximum Gasteiger partial charge on any atom is 0.319 e. The van der Waals surface area contributed by atoms with Crippen LogP contribution in [0.5, 0.6) is 0 Å². The number of urea groups is 1. The van der Waals surface area contributed by atoms with Gasteiger partial charge in [-0.05, 0) is 44.5 Å². The van der Waals surface area contributed by atoms with Crippen LogP contribution >= 0.6 is 0 Å². The van der Waals surface area contributed by atoms with Crippen molar-refractivity contribution in [1.29, 1.82) is 0 Å². The Balaban J connectivity index is 1.65. The van der Waals surface area contributed by atoms with Crippen LogP contribution in [0.2, 0.25) is 0 Å². The minimum Gasteiger partial charge on any atom is -0.377 e. The Hall–Kier alpha value is -2.76. The molecule has 10 nitrogen and oxygen atoms in total. The van der Waals surface area contributed by atoms with Crippen molar-refractivity contribution in [3.8, 4) is 11.4 Å². The molecule has 3 heterocycles. The summed E-state index contributed by atoms with van der Waals surface area (Å²) < 4.78 is 29.0. The molecule has 0 aliphatic carbocycles. The van der Waals surface area contributed by atoms with E-state index in [1.807, 2.05) is 31.2 Å². The van der Waals surface area contributed by atoms with E-state index in [0.29, 0.717) is 44.4 Å². The summed E-state index contributed by atoms with van der Waals surface area (Å²) in [6.07, 6.45) is 2.04. The van der Waals surface area contributed by atoms with Gasteiger partial charge in [0.05, 0.1) is 30.7 Å². The maximum atomic E-state index is 11.8. The number of carbonyl (C=O) groups excluding carboxylic acids is 1. The van der Waals surface area contributed by atoms with Crippen LogP contribution in [0.25, 0.3) is 11.4 Å². The molecule has 1 aromatic carbocycles. The van der Waals surface area contributed by atoms with Gasteiger partial charge in [-0.2, -0.15) is 0 Å². The van der Waals surface area contributed by atoms with Crippen LogP contribution in [0.1, 0.15) is 25.1 Å². The van der Waals surface area contributed by atoms with E-state index in [0.717, 1.165) is 42.1 Å². The summed E-state index contributed by atoms with van der Waals surface area (Å²) in [5.74, 6) is 1.69. The van der Waals surface area contributed by atoms with Crippen molar-refractivity contribution in [3.63, 3.8) is 0 Å². The van der Waals surface area contributed by atoms with Crippen LogP contribution in [0.15, 0.2) is 24.3 Å². The zero-order chi connectivity index (χ0) is 25.0. The summed E-state index contributed by atoms with van der Waals surface area (Å²) >= 11 is 0. The standard InChI is InChI=1S/C24H34N6O4S/c1-4-25-24(31)26-19-7-5-18(6-8-19)22-27-21-15-29(12-14-35(3,32)33)10-9-20(21)23(28-22)30-11-13-34-16-17(30)2/h5-8,17H,4,9-16H2,1-3H3,(H2,25,26,31)/t17-/m0/s1. The van der Waals surface area contributed by atoms with E-state index < -0.39 is 9.84 Å². The predicted molar refractivity (Wildman–Crippen MR) is 136 cm³/mol. The number of fused-ring (bicyclic) bond motifs is 1. The topological polar surface area (TPSA) is 117 Å². The van der Waals surface area contributed by atoms with Gasteiger partial charge in [0.2, 0.25) is 0 Å². The monoisotopic (exact) mass is 502 g/mol. The highest BCUT2D eigenvalue weighted by atomic mass is 32.2. The fourth-order valence-electron chi connectivity index (χ4n) is 4.40. The quantitative estimate of drug-likeness (QED) is 0.590. The molecule has 0 saturated carbocycles. The lowest BCUT2D eigenvalue weighted by Crippen LogP contribution is -2.45. The molecule has 2 aromatic rings. The number of rotatable bonds is 7. The van der Waals surface area contributed by atoms with E-state index in [1.54, 1.807) is 0 Å². The summed E-state index contributed by atoms with van der Waals surface area (Å²) in [5, 5.41) is 5.52. The largest absolute Gasteiger partial charge is 0.377 e. The molecule has 1 atom stereocenters. The van der Waals surface area contributed by atoms with Crippen LogP contribution in [0.4, 0.5) is 16.3 Å². The number of nitrogens with one attached hydrogen (secondary N) is 2. The van der Waals surface area contributed by atoms with Crippen molar-refractivity contribution >= 4 is 27.4 Å². The molecule has 2 N–H and O–H groups in total. The first-order chi connectivity index (χ1) is 16.7. The molecule has 2 aliphatic rings. The zero-order valence-corrected chi connectivity index (χ0v) is 21.4. The molecule has 0 bridgehead atoms. The first-order valence-corrected chi connectivity index (χ1v) is 14.1. The van der Waals surface area contributed by atoms with Crippen LogP contribution in [-0.4, -0.2) is 86.8 Å². The highest BCUT2D eigenvalue weighted by Gasteiger charge is 2.29. The Kier molecular flexibility index (Phi) is 7.88. The highest BCUT2D eigenvalue weighted by molar-refractivity contribution is 7.90. The zero-order valence-electron chi connectivity index (χ0n) is 20.6. The first kappa shape index (κ1) is 25.3. The van der Waals surface area contributed by atoms with Crippen LogP contribution in [0, 0.1) is 0 Å². The van der Waals surface area contributed by atoms with Gasteiger partial charge in [-0.25, -0.2) is 23.2 Å². The molecule has 0 radical (unpaired) electrons. The Morgan fingerprint density at radius 1 is 1.20 bits per heavy atom. The number of hydrogen-bond acceptors (Lipinski definition) is 8.